The summed E-state index contributed by atoms with van der Waals surface area (Å²) >= 11 is 0. The van der Waals surface area contributed by atoms with Crippen molar-refractivity contribution in [3.05, 3.63) is 29.8 Å². The lowest BCUT2D eigenvalue weighted by Crippen LogP contribution is -2.36. The van der Waals surface area contributed by atoms with E-state index in [-0.39, 0.29) is 12.4 Å². The maximum absolute atomic E-state index is 12.8. The van der Waals surface area contributed by atoms with Crippen LogP contribution in [0, 0.1) is 0 Å². The highest BCUT2D eigenvalue weighted by molar-refractivity contribution is 6.01. The first-order chi connectivity index (χ1) is 7.89. The molecule has 1 aromatic carbocycles. The van der Waals surface area contributed by atoms with Crippen molar-refractivity contribution < 1.29 is 27.1 Å². The molecule has 0 fully saturated rings. The molecule has 0 aliphatic carbocycles. The monoisotopic (exact) mass is 250 g/mol. The Morgan fingerprint density at radius 3 is 2.59 bits per heavy atom. The molecule has 2 nitrogen and oxygen atoms in total. The van der Waals surface area contributed by atoms with E-state index in [2.05, 4.69) is 0 Å². The van der Waals surface area contributed by atoms with Gasteiger partial charge in [-0.15, -0.1) is 0 Å². The molecule has 0 aliphatic rings. The Bertz CT molecular complexity index is 404. The minimum atomic E-state index is -4.68. The zero-order valence-corrected chi connectivity index (χ0v) is 8.92. The topological polar surface area (TPSA) is 26.3 Å². The number of halogens is 4. The number of hydrogen-bond donors (Lipinski definition) is 0. The number of hydrogen-bond acceptors (Lipinski definition) is 2. The molecule has 0 saturated carbocycles. The Morgan fingerprint density at radius 1 is 1.41 bits per heavy atom. The van der Waals surface area contributed by atoms with Gasteiger partial charge < -0.3 is 4.74 Å². The van der Waals surface area contributed by atoms with Crippen molar-refractivity contribution in [1.29, 1.82) is 0 Å². The van der Waals surface area contributed by atoms with Crippen molar-refractivity contribution in [1.82, 2.24) is 0 Å². The number of ketones is 1. The molecular formula is C11H10F4O2. The minimum Gasteiger partial charge on any atom is -0.494 e. The van der Waals surface area contributed by atoms with Crippen molar-refractivity contribution >= 4 is 5.78 Å². The van der Waals surface area contributed by atoms with Crippen LogP contribution in [-0.4, -0.2) is 24.7 Å². The van der Waals surface area contributed by atoms with Crippen LogP contribution in [0.1, 0.15) is 17.3 Å². The molecule has 0 aliphatic heterocycles. The molecule has 0 heterocycles. The van der Waals surface area contributed by atoms with E-state index in [4.69, 9.17) is 4.74 Å². The SMILES string of the molecule is CCOc1cccc(C(=O)C(F)(F)C(F)F)c1. The highest BCUT2D eigenvalue weighted by atomic mass is 19.3. The first-order valence-electron chi connectivity index (χ1n) is 4.83. The lowest BCUT2D eigenvalue weighted by atomic mass is 10.1. The molecule has 0 saturated heterocycles. The second-order valence-electron chi connectivity index (χ2n) is 3.21. The quantitative estimate of drug-likeness (QED) is 0.592. The van der Waals surface area contributed by atoms with Gasteiger partial charge in [-0.1, -0.05) is 12.1 Å². The Hall–Kier alpha value is -1.59. The molecule has 94 valence electrons. The highest BCUT2D eigenvalue weighted by Crippen LogP contribution is 2.28. The molecule has 6 heteroatoms. The summed E-state index contributed by atoms with van der Waals surface area (Å²) in [5, 5.41) is 0. The molecule has 0 radical (unpaired) electrons. The standard InChI is InChI=1S/C11H10F4O2/c1-2-17-8-5-3-4-7(6-8)9(16)11(14,15)10(12)13/h3-6,10H,2H2,1H3. The van der Waals surface area contributed by atoms with Crippen LogP contribution in [0.2, 0.25) is 0 Å². The van der Waals surface area contributed by atoms with E-state index in [9.17, 15) is 22.4 Å². The fourth-order valence-electron chi connectivity index (χ4n) is 1.19. The zero-order valence-electron chi connectivity index (χ0n) is 8.92. The molecule has 0 spiro atoms. The number of ether oxygens (including phenoxy) is 1. The highest BCUT2D eigenvalue weighted by Gasteiger charge is 2.49. The Kier molecular flexibility index (Phi) is 4.09. The van der Waals surface area contributed by atoms with Gasteiger partial charge in [-0.25, -0.2) is 8.78 Å². The lowest BCUT2D eigenvalue weighted by molar-refractivity contribution is -0.0958. The van der Waals surface area contributed by atoms with Crippen molar-refractivity contribution in [2.24, 2.45) is 0 Å². The predicted octanol–water partition coefficient (Wildman–Crippen LogP) is 3.17. The molecular weight excluding hydrogens is 240 g/mol. The molecule has 0 aromatic heterocycles. The van der Waals surface area contributed by atoms with Gasteiger partial charge in [0.15, 0.2) is 0 Å². The van der Waals surface area contributed by atoms with Crippen LogP contribution in [0.5, 0.6) is 5.75 Å². The largest absolute Gasteiger partial charge is 0.494 e. The van der Waals surface area contributed by atoms with Gasteiger partial charge in [0.1, 0.15) is 5.75 Å². The zero-order chi connectivity index (χ0) is 13.1. The molecule has 17 heavy (non-hydrogen) atoms. The maximum Gasteiger partial charge on any atom is 0.368 e. The third kappa shape index (κ3) is 2.95. The predicted molar refractivity (Wildman–Crippen MR) is 52.9 cm³/mol. The van der Waals surface area contributed by atoms with Crippen molar-refractivity contribution in [3.63, 3.8) is 0 Å². The summed E-state index contributed by atoms with van der Waals surface area (Å²) in [7, 11) is 0. The average molecular weight is 250 g/mol. The van der Waals surface area contributed by atoms with E-state index < -0.39 is 23.7 Å². The van der Waals surface area contributed by atoms with Gasteiger partial charge in [0, 0.05) is 5.56 Å². The van der Waals surface area contributed by atoms with Gasteiger partial charge in [-0.05, 0) is 19.1 Å². The molecule has 0 unspecified atom stereocenters. The van der Waals surface area contributed by atoms with Crippen LogP contribution < -0.4 is 4.74 Å². The summed E-state index contributed by atoms with van der Waals surface area (Å²) in [6.45, 7) is 1.95. The van der Waals surface area contributed by atoms with Crippen molar-refractivity contribution in [2.45, 2.75) is 19.3 Å². The summed E-state index contributed by atoms with van der Waals surface area (Å²) in [6.07, 6.45) is -4.02. The minimum absolute atomic E-state index is 0.184. The van der Waals surface area contributed by atoms with Gasteiger partial charge in [0.2, 0.25) is 5.78 Å². The molecule has 0 bridgehead atoms. The fourth-order valence-corrected chi connectivity index (χ4v) is 1.19. The maximum atomic E-state index is 12.8. The normalized spacial score (nSPS) is 11.6. The average Bonchev–Trinajstić information content (AvgIpc) is 2.28. The number of carbonyl (C=O) groups excluding carboxylic acids is 1. The molecule has 0 N–H and O–H groups in total. The van der Waals surface area contributed by atoms with Gasteiger partial charge in [-0.2, -0.15) is 8.78 Å². The van der Waals surface area contributed by atoms with E-state index in [0.29, 0.717) is 0 Å². The second-order valence-corrected chi connectivity index (χ2v) is 3.21. The summed E-state index contributed by atoms with van der Waals surface area (Å²) in [4.78, 5) is 11.2. The van der Waals surface area contributed by atoms with Crippen LogP contribution in [0.3, 0.4) is 0 Å². The molecule has 0 amide bonds. The fraction of sp³-hybridized carbons (Fsp3) is 0.364. The smallest absolute Gasteiger partial charge is 0.368 e. The summed E-state index contributed by atoms with van der Waals surface area (Å²) < 4.78 is 54.6. The first-order valence-corrected chi connectivity index (χ1v) is 4.83. The third-order valence-corrected chi connectivity index (χ3v) is 1.98. The Labute approximate surface area is 95.2 Å². The second kappa shape index (κ2) is 5.16. The summed E-state index contributed by atoms with van der Waals surface area (Å²) in [5.74, 6) is -6.40. The van der Waals surface area contributed by atoms with E-state index in [1.165, 1.54) is 12.1 Å². The summed E-state index contributed by atoms with van der Waals surface area (Å²) in [6, 6.07) is 4.80. The van der Waals surface area contributed by atoms with Gasteiger partial charge in [0.25, 0.3) is 0 Å². The van der Waals surface area contributed by atoms with Gasteiger partial charge >= 0.3 is 12.3 Å². The van der Waals surface area contributed by atoms with E-state index in [1.807, 2.05) is 0 Å². The molecule has 1 aromatic rings. The van der Waals surface area contributed by atoms with E-state index >= 15 is 0 Å². The van der Waals surface area contributed by atoms with Crippen molar-refractivity contribution in [2.75, 3.05) is 6.61 Å². The number of alkyl halides is 4. The first kappa shape index (κ1) is 13.5. The van der Waals surface area contributed by atoms with Gasteiger partial charge in [0.05, 0.1) is 6.61 Å². The van der Waals surface area contributed by atoms with E-state index in [0.717, 1.165) is 12.1 Å². The number of rotatable bonds is 5. The van der Waals surface area contributed by atoms with Crippen LogP contribution in [0.15, 0.2) is 24.3 Å². The number of benzene rings is 1. The van der Waals surface area contributed by atoms with E-state index in [1.54, 1.807) is 6.92 Å². The Balaban J connectivity index is 3.00. The van der Waals surface area contributed by atoms with Crippen LogP contribution in [0.25, 0.3) is 0 Å². The number of Topliss-reactive ketones (excluding diaryl/α,β-unsaturated/α-hetero) is 1. The Morgan fingerprint density at radius 2 is 2.06 bits per heavy atom. The molecule has 1 rings (SSSR count). The van der Waals surface area contributed by atoms with Gasteiger partial charge in [-0.3, -0.25) is 4.79 Å². The van der Waals surface area contributed by atoms with Crippen molar-refractivity contribution in [3.8, 4) is 5.75 Å². The van der Waals surface area contributed by atoms with Crippen LogP contribution in [0.4, 0.5) is 17.6 Å². The third-order valence-electron chi connectivity index (χ3n) is 1.98. The van der Waals surface area contributed by atoms with Crippen LogP contribution in [-0.2, 0) is 0 Å². The molecule has 0 atom stereocenters. The lowest BCUT2D eigenvalue weighted by Gasteiger charge is -2.14. The number of carbonyl (C=O) groups is 1. The summed E-state index contributed by atoms with van der Waals surface area (Å²) in [5.41, 5.74) is -0.499. The van der Waals surface area contributed by atoms with Crippen LogP contribution >= 0.6 is 0 Å².